The molecule has 0 fully saturated rings. The van der Waals surface area contributed by atoms with Gasteiger partial charge in [-0.3, -0.25) is 4.79 Å². The highest BCUT2D eigenvalue weighted by molar-refractivity contribution is 8.00. The maximum Gasteiger partial charge on any atom is 0.237 e. The molecule has 0 spiro atoms. The first-order valence-corrected chi connectivity index (χ1v) is 10.5. The number of anilines is 1. The largest absolute Gasteiger partial charge is 0.325 e. The van der Waals surface area contributed by atoms with Crippen molar-refractivity contribution in [1.29, 1.82) is 0 Å². The summed E-state index contributed by atoms with van der Waals surface area (Å²) in [5, 5.41) is 4.92. The number of aryl methyl sites for hydroxylation is 4. The standard InChI is InChI=1S/C20H21N3OS2/c1-11-7-8-15(12(2)9-11)23-18(24)13(3)25-19-17-14-5-4-6-16(14)26-20(17)22-10-21-19/h7-10,13H,4-6H2,1-3H3,(H,23,24)/t13-/m0/s1. The minimum absolute atomic E-state index is 0.000547. The number of rotatable bonds is 4. The molecule has 1 atom stereocenters. The second-order valence-electron chi connectivity index (χ2n) is 6.78. The number of thioether (sulfide) groups is 1. The number of benzene rings is 1. The monoisotopic (exact) mass is 383 g/mol. The average Bonchev–Trinajstić information content (AvgIpc) is 3.18. The third-order valence-electron chi connectivity index (χ3n) is 4.76. The Balaban J connectivity index is 1.55. The van der Waals surface area contributed by atoms with Gasteiger partial charge in [0.05, 0.1) is 5.25 Å². The Hall–Kier alpha value is -1.92. The van der Waals surface area contributed by atoms with E-state index in [1.807, 2.05) is 26.0 Å². The molecule has 1 amide bonds. The summed E-state index contributed by atoms with van der Waals surface area (Å²) < 4.78 is 0. The maximum absolute atomic E-state index is 12.7. The number of fused-ring (bicyclic) bond motifs is 3. The number of nitrogens with zero attached hydrogens (tertiary/aromatic N) is 2. The molecule has 1 aliphatic carbocycles. The summed E-state index contributed by atoms with van der Waals surface area (Å²) in [7, 11) is 0. The highest BCUT2D eigenvalue weighted by atomic mass is 32.2. The molecule has 2 aromatic heterocycles. The molecule has 0 radical (unpaired) electrons. The van der Waals surface area contributed by atoms with E-state index in [1.165, 1.54) is 39.6 Å². The second kappa shape index (κ2) is 7.00. The van der Waals surface area contributed by atoms with Gasteiger partial charge in [0.1, 0.15) is 16.2 Å². The van der Waals surface area contributed by atoms with Crippen LogP contribution < -0.4 is 5.32 Å². The summed E-state index contributed by atoms with van der Waals surface area (Å²) in [6, 6.07) is 6.06. The van der Waals surface area contributed by atoms with E-state index in [0.717, 1.165) is 33.9 Å². The fourth-order valence-corrected chi connectivity index (χ4v) is 5.64. The fraction of sp³-hybridized carbons (Fsp3) is 0.350. The van der Waals surface area contributed by atoms with Crippen LogP contribution >= 0.6 is 23.1 Å². The Morgan fingerprint density at radius 2 is 2.12 bits per heavy atom. The van der Waals surface area contributed by atoms with Gasteiger partial charge < -0.3 is 5.32 Å². The molecule has 0 aliphatic heterocycles. The minimum Gasteiger partial charge on any atom is -0.325 e. The first-order valence-electron chi connectivity index (χ1n) is 8.83. The quantitative estimate of drug-likeness (QED) is 0.513. The van der Waals surface area contributed by atoms with Gasteiger partial charge in [-0.25, -0.2) is 9.97 Å². The Labute approximate surface area is 161 Å². The van der Waals surface area contributed by atoms with Gasteiger partial charge in [0.25, 0.3) is 0 Å². The predicted molar refractivity (Wildman–Crippen MR) is 109 cm³/mol. The summed E-state index contributed by atoms with van der Waals surface area (Å²) in [5.74, 6) is 0.000547. The van der Waals surface area contributed by atoms with E-state index in [0.29, 0.717) is 0 Å². The molecule has 134 valence electrons. The van der Waals surface area contributed by atoms with Crippen molar-refractivity contribution in [3.05, 3.63) is 46.1 Å². The summed E-state index contributed by atoms with van der Waals surface area (Å²) in [4.78, 5) is 24.1. The van der Waals surface area contributed by atoms with Gasteiger partial charge in [-0.1, -0.05) is 29.5 Å². The summed E-state index contributed by atoms with van der Waals surface area (Å²) in [6.07, 6.45) is 5.06. The van der Waals surface area contributed by atoms with Crippen molar-refractivity contribution in [3.8, 4) is 0 Å². The molecule has 3 aromatic rings. The van der Waals surface area contributed by atoms with Crippen LogP contribution in [0.3, 0.4) is 0 Å². The van der Waals surface area contributed by atoms with E-state index >= 15 is 0 Å². The van der Waals surface area contributed by atoms with Crippen LogP contribution in [-0.4, -0.2) is 21.1 Å². The van der Waals surface area contributed by atoms with Crippen LogP contribution in [0.2, 0.25) is 0 Å². The Kier molecular flexibility index (Phi) is 4.71. The molecule has 4 nitrogen and oxygen atoms in total. The third kappa shape index (κ3) is 3.23. The lowest BCUT2D eigenvalue weighted by Crippen LogP contribution is -2.23. The molecule has 4 rings (SSSR count). The fourth-order valence-electron chi connectivity index (χ4n) is 3.40. The third-order valence-corrected chi connectivity index (χ3v) is 7.06. The molecule has 0 bridgehead atoms. The molecule has 1 N–H and O–H groups in total. The SMILES string of the molecule is Cc1ccc(NC(=O)[C@H](C)Sc2ncnc3sc4c(c23)CCC4)c(C)c1. The Morgan fingerprint density at radius 3 is 2.92 bits per heavy atom. The number of amides is 1. The highest BCUT2D eigenvalue weighted by Gasteiger charge is 2.24. The lowest BCUT2D eigenvalue weighted by molar-refractivity contribution is -0.115. The van der Waals surface area contributed by atoms with Crippen LogP contribution in [0.15, 0.2) is 29.6 Å². The first kappa shape index (κ1) is 17.5. The van der Waals surface area contributed by atoms with Gasteiger partial charge in [0, 0.05) is 16.0 Å². The molecule has 0 saturated carbocycles. The van der Waals surface area contributed by atoms with Gasteiger partial charge >= 0.3 is 0 Å². The van der Waals surface area contributed by atoms with Crippen LogP contribution in [0.25, 0.3) is 10.2 Å². The van der Waals surface area contributed by atoms with E-state index in [-0.39, 0.29) is 11.2 Å². The molecule has 26 heavy (non-hydrogen) atoms. The first-order chi connectivity index (χ1) is 12.5. The number of hydrogen-bond donors (Lipinski definition) is 1. The Bertz CT molecular complexity index is 996. The smallest absolute Gasteiger partial charge is 0.237 e. The summed E-state index contributed by atoms with van der Waals surface area (Å²) in [5.41, 5.74) is 4.54. The summed E-state index contributed by atoms with van der Waals surface area (Å²) >= 11 is 3.30. The van der Waals surface area contributed by atoms with Crippen LogP contribution in [0.4, 0.5) is 5.69 Å². The van der Waals surface area contributed by atoms with E-state index in [9.17, 15) is 4.79 Å². The maximum atomic E-state index is 12.7. The van der Waals surface area contributed by atoms with Crippen molar-refractivity contribution in [2.24, 2.45) is 0 Å². The van der Waals surface area contributed by atoms with E-state index < -0.39 is 0 Å². The van der Waals surface area contributed by atoms with Gasteiger partial charge in [-0.2, -0.15) is 0 Å². The number of nitrogens with one attached hydrogen (secondary N) is 1. The zero-order chi connectivity index (χ0) is 18.3. The topological polar surface area (TPSA) is 54.9 Å². The lowest BCUT2D eigenvalue weighted by atomic mass is 10.1. The highest BCUT2D eigenvalue weighted by Crippen LogP contribution is 2.40. The minimum atomic E-state index is -0.231. The van der Waals surface area contributed by atoms with Gasteiger partial charge in [-0.15, -0.1) is 11.3 Å². The zero-order valence-electron chi connectivity index (χ0n) is 15.1. The predicted octanol–water partition coefficient (Wildman–Crippen LogP) is 4.92. The molecular weight excluding hydrogens is 362 g/mol. The number of carbonyl (C=O) groups is 1. The van der Waals surface area contributed by atoms with Crippen molar-refractivity contribution in [1.82, 2.24) is 9.97 Å². The van der Waals surface area contributed by atoms with Crippen LogP contribution in [0.1, 0.15) is 34.9 Å². The van der Waals surface area contributed by atoms with Crippen molar-refractivity contribution in [2.75, 3.05) is 5.32 Å². The van der Waals surface area contributed by atoms with E-state index in [4.69, 9.17) is 0 Å². The number of aromatic nitrogens is 2. The number of thiophene rings is 1. The average molecular weight is 384 g/mol. The normalized spacial score (nSPS) is 14.4. The molecule has 0 saturated heterocycles. The molecule has 6 heteroatoms. The number of hydrogen-bond acceptors (Lipinski definition) is 5. The summed E-state index contributed by atoms with van der Waals surface area (Å²) in [6.45, 7) is 6.00. The van der Waals surface area contributed by atoms with Crippen molar-refractivity contribution < 1.29 is 4.79 Å². The van der Waals surface area contributed by atoms with Crippen LogP contribution in [-0.2, 0) is 17.6 Å². The zero-order valence-corrected chi connectivity index (χ0v) is 16.8. The van der Waals surface area contributed by atoms with E-state index in [1.54, 1.807) is 17.7 Å². The molecule has 0 unspecified atom stereocenters. The van der Waals surface area contributed by atoms with Gasteiger partial charge in [-0.05, 0) is 57.2 Å². The van der Waals surface area contributed by atoms with Crippen molar-refractivity contribution in [3.63, 3.8) is 0 Å². The lowest BCUT2D eigenvalue weighted by Gasteiger charge is -2.14. The molecule has 2 heterocycles. The second-order valence-corrected chi connectivity index (χ2v) is 9.20. The Morgan fingerprint density at radius 1 is 1.27 bits per heavy atom. The van der Waals surface area contributed by atoms with E-state index in [2.05, 4.69) is 28.3 Å². The van der Waals surface area contributed by atoms with Crippen LogP contribution in [0.5, 0.6) is 0 Å². The van der Waals surface area contributed by atoms with Gasteiger partial charge in [0.2, 0.25) is 5.91 Å². The van der Waals surface area contributed by atoms with Gasteiger partial charge in [0.15, 0.2) is 0 Å². The molecular formula is C20H21N3OS2. The molecule has 1 aliphatic rings. The van der Waals surface area contributed by atoms with Crippen molar-refractivity contribution >= 4 is 44.9 Å². The van der Waals surface area contributed by atoms with Crippen molar-refractivity contribution in [2.45, 2.75) is 50.3 Å². The number of carbonyl (C=O) groups excluding carboxylic acids is 1. The van der Waals surface area contributed by atoms with Crippen LogP contribution in [0, 0.1) is 13.8 Å². The molecule has 1 aromatic carbocycles.